The smallest absolute Gasteiger partial charge is 0.268 e. The summed E-state index contributed by atoms with van der Waals surface area (Å²) in [6.07, 6.45) is 1.95. The number of fused-ring (bicyclic) bond motifs is 2. The van der Waals surface area contributed by atoms with Crippen LogP contribution in [0.3, 0.4) is 0 Å². The first-order valence-electron chi connectivity index (χ1n) is 7.98. The van der Waals surface area contributed by atoms with Crippen molar-refractivity contribution in [2.45, 2.75) is 12.5 Å². The average Bonchev–Trinajstić information content (AvgIpc) is 2.95. The number of hydrogen-bond acceptors (Lipinski definition) is 3. The van der Waals surface area contributed by atoms with E-state index in [2.05, 4.69) is 10.3 Å². The molecule has 4 rings (SSSR count). The molecular weight excluding hydrogens is 380 g/mol. The molecule has 134 valence electrons. The molecule has 1 aliphatic heterocycles. The lowest BCUT2D eigenvalue weighted by atomic mass is 10.0. The Morgan fingerprint density at radius 1 is 1.38 bits per heavy atom. The number of aromatic nitrogens is 2. The molecule has 2 aromatic heterocycles. The van der Waals surface area contributed by atoms with Crippen LogP contribution in [0.5, 0.6) is 5.75 Å². The Bertz CT molecular complexity index is 1030. The molecule has 0 radical (unpaired) electrons. The maximum atomic E-state index is 14.1. The summed E-state index contributed by atoms with van der Waals surface area (Å²) in [6, 6.07) is 6.82. The third-order valence-corrected chi connectivity index (χ3v) is 5.03. The van der Waals surface area contributed by atoms with E-state index in [1.807, 2.05) is 6.07 Å². The fraction of sp³-hybridized carbons (Fsp3) is 0.222. The lowest BCUT2D eigenvalue weighted by Gasteiger charge is -2.26. The van der Waals surface area contributed by atoms with Crippen LogP contribution in [0, 0.1) is 5.82 Å². The Labute approximate surface area is 158 Å². The van der Waals surface area contributed by atoms with Crippen molar-refractivity contribution >= 4 is 40.0 Å². The van der Waals surface area contributed by atoms with Gasteiger partial charge < -0.3 is 14.6 Å². The molecule has 0 spiro atoms. The Kier molecular flexibility index (Phi) is 4.25. The summed E-state index contributed by atoms with van der Waals surface area (Å²) >= 11 is 11.7. The fourth-order valence-corrected chi connectivity index (χ4v) is 3.50. The largest absolute Gasteiger partial charge is 0.490 e. The van der Waals surface area contributed by atoms with Crippen molar-refractivity contribution in [3.63, 3.8) is 0 Å². The number of nitrogens with zero attached hydrogens (tertiary/aromatic N) is 2. The zero-order valence-corrected chi connectivity index (χ0v) is 15.2. The number of benzene rings is 1. The first kappa shape index (κ1) is 17.1. The average molecular weight is 394 g/mol. The SMILES string of the molecule is Cn1c(C(=O)N[C@@H]2CCOc3c2cnc(Cl)c3F)cc2ccc(Cl)cc21. The predicted molar refractivity (Wildman–Crippen MR) is 97.5 cm³/mol. The number of carbonyl (C=O) groups excluding carboxylic acids is 1. The highest BCUT2D eigenvalue weighted by molar-refractivity contribution is 6.31. The maximum absolute atomic E-state index is 14.1. The van der Waals surface area contributed by atoms with Gasteiger partial charge in [-0.2, -0.15) is 4.39 Å². The van der Waals surface area contributed by atoms with Gasteiger partial charge in [-0.05, 0) is 18.2 Å². The Hall–Kier alpha value is -2.31. The van der Waals surface area contributed by atoms with Gasteiger partial charge in [0.2, 0.25) is 5.82 Å². The second kappa shape index (κ2) is 6.45. The molecule has 3 heterocycles. The number of amides is 1. The van der Waals surface area contributed by atoms with E-state index in [1.54, 1.807) is 29.8 Å². The van der Waals surface area contributed by atoms with E-state index in [4.69, 9.17) is 27.9 Å². The number of nitrogens with one attached hydrogen (secondary N) is 1. The van der Waals surface area contributed by atoms with Crippen molar-refractivity contribution in [3.05, 3.63) is 57.7 Å². The van der Waals surface area contributed by atoms with Crippen LogP contribution in [0.2, 0.25) is 10.2 Å². The minimum Gasteiger partial charge on any atom is -0.490 e. The van der Waals surface area contributed by atoms with Gasteiger partial charge in [-0.25, -0.2) is 4.98 Å². The van der Waals surface area contributed by atoms with Crippen LogP contribution in [0.15, 0.2) is 30.5 Å². The lowest BCUT2D eigenvalue weighted by Crippen LogP contribution is -2.33. The molecule has 0 saturated heterocycles. The van der Waals surface area contributed by atoms with Crippen molar-refractivity contribution in [1.29, 1.82) is 0 Å². The predicted octanol–water partition coefficient (Wildman–Crippen LogP) is 4.27. The first-order chi connectivity index (χ1) is 12.5. The number of ether oxygens (including phenoxy) is 1. The van der Waals surface area contributed by atoms with E-state index in [9.17, 15) is 9.18 Å². The van der Waals surface area contributed by atoms with Gasteiger partial charge in [0.1, 0.15) is 5.69 Å². The molecule has 0 aliphatic carbocycles. The maximum Gasteiger partial charge on any atom is 0.268 e. The zero-order chi connectivity index (χ0) is 18.4. The van der Waals surface area contributed by atoms with E-state index >= 15 is 0 Å². The van der Waals surface area contributed by atoms with Crippen LogP contribution in [-0.4, -0.2) is 22.1 Å². The van der Waals surface area contributed by atoms with Gasteiger partial charge in [-0.3, -0.25) is 4.79 Å². The van der Waals surface area contributed by atoms with E-state index in [0.717, 1.165) is 10.9 Å². The number of pyridine rings is 1. The van der Waals surface area contributed by atoms with Crippen molar-refractivity contribution in [3.8, 4) is 5.75 Å². The molecule has 26 heavy (non-hydrogen) atoms. The van der Waals surface area contributed by atoms with Crippen LogP contribution in [0.25, 0.3) is 10.9 Å². The Balaban J connectivity index is 1.66. The molecule has 8 heteroatoms. The van der Waals surface area contributed by atoms with E-state index < -0.39 is 11.9 Å². The monoisotopic (exact) mass is 393 g/mol. The van der Waals surface area contributed by atoms with E-state index in [0.29, 0.717) is 22.7 Å². The van der Waals surface area contributed by atoms with E-state index in [-0.39, 0.29) is 23.4 Å². The molecule has 1 aromatic carbocycles. The van der Waals surface area contributed by atoms with Crippen molar-refractivity contribution in [2.75, 3.05) is 6.61 Å². The second-order valence-electron chi connectivity index (χ2n) is 6.10. The molecule has 0 bridgehead atoms. The summed E-state index contributed by atoms with van der Waals surface area (Å²) in [5.74, 6) is -0.930. The van der Waals surface area contributed by atoms with Gasteiger partial charge in [0.15, 0.2) is 10.9 Å². The molecule has 1 N–H and O–H groups in total. The molecule has 3 aromatic rings. The summed E-state index contributed by atoms with van der Waals surface area (Å²) < 4.78 is 21.3. The highest BCUT2D eigenvalue weighted by atomic mass is 35.5. The van der Waals surface area contributed by atoms with E-state index in [1.165, 1.54) is 6.20 Å². The van der Waals surface area contributed by atoms with Gasteiger partial charge >= 0.3 is 0 Å². The summed E-state index contributed by atoms with van der Waals surface area (Å²) in [4.78, 5) is 16.6. The van der Waals surface area contributed by atoms with Gasteiger partial charge in [-0.15, -0.1) is 0 Å². The quantitative estimate of drug-likeness (QED) is 0.661. The molecule has 1 amide bonds. The molecule has 0 unspecified atom stereocenters. The fourth-order valence-electron chi connectivity index (χ4n) is 3.19. The van der Waals surface area contributed by atoms with Crippen molar-refractivity contribution < 1.29 is 13.9 Å². The van der Waals surface area contributed by atoms with Gasteiger partial charge in [0.25, 0.3) is 5.91 Å². The zero-order valence-electron chi connectivity index (χ0n) is 13.7. The second-order valence-corrected chi connectivity index (χ2v) is 6.90. The summed E-state index contributed by atoms with van der Waals surface area (Å²) in [5, 5.41) is 4.19. The van der Waals surface area contributed by atoms with Crippen LogP contribution in [-0.2, 0) is 7.05 Å². The van der Waals surface area contributed by atoms with Crippen molar-refractivity contribution in [2.24, 2.45) is 7.05 Å². The highest BCUT2D eigenvalue weighted by Gasteiger charge is 2.28. The molecular formula is C18H14Cl2FN3O2. The lowest BCUT2D eigenvalue weighted by molar-refractivity contribution is 0.0915. The molecule has 0 fully saturated rings. The highest BCUT2D eigenvalue weighted by Crippen LogP contribution is 2.36. The third-order valence-electron chi connectivity index (χ3n) is 4.53. The number of hydrogen-bond donors (Lipinski definition) is 1. The van der Waals surface area contributed by atoms with Crippen LogP contribution >= 0.6 is 23.2 Å². The van der Waals surface area contributed by atoms with Crippen LogP contribution in [0.1, 0.15) is 28.5 Å². The summed E-state index contributed by atoms with van der Waals surface area (Å²) in [6.45, 7) is 0.278. The molecule has 1 aliphatic rings. The number of rotatable bonds is 2. The normalized spacial score (nSPS) is 16.2. The summed E-state index contributed by atoms with van der Waals surface area (Å²) in [7, 11) is 1.80. The summed E-state index contributed by atoms with van der Waals surface area (Å²) in [5.41, 5.74) is 1.82. The van der Waals surface area contributed by atoms with Gasteiger partial charge in [0.05, 0.1) is 12.6 Å². The third kappa shape index (κ3) is 2.79. The Morgan fingerprint density at radius 3 is 3.00 bits per heavy atom. The van der Waals surface area contributed by atoms with Gasteiger partial charge in [-0.1, -0.05) is 29.3 Å². The number of carbonyl (C=O) groups is 1. The van der Waals surface area contributed by atoms with Crippen molar-refractivity contribution in [1.82, 2.24) is 14.9 Å². The minimum absolute atomic E-state index is 0.0466. The standard InChI is InChI=1S/C18H14Cl2FN3O2/c1-24-13-7-10(19)3-2-9(13)6-14(24)18(25)23-12-4-5-26-16-11(12)8-22-17(20)15(16)21/h2-3,6-8,12H,4-5H2,1H3,(H,23,25)/t12-/m1/s1. The van der Waals surface area contributed by atoms with Crippen LogP contribution in [0.4, 0.5) is 4.39 Å². The number of aryl methyl sites for hydroxylation is 1. The molecule has 0 saturated carbocycles. The topological polar surface area (TPSA) is 56.2 Å². The van der Waals surface area contributed by atoms with Crippen LogP contribution < -0.4 is 10.1 Å². The Morgan fingerprint density at radius 2 is 2.19 bits per heavy atom. The minimum atomic E-state index is -0.706. The van der Waals surface area contributed by atoms with Gasteiger partial charge in [0, 0.05) is 41.2 Å². The first-order valence-corrected chi connectivity index (χ1v) is 8.74. The molecule has 5 nitrogen and oxygen atoms in total. The number of halogens is 3. The molecule has 1 atom stereocenters.